The number of aryl methyl sites for hydroxylation is 2. The second-order valence-corrected chi connectivity index (χ2v) is 6.08. The molecular formula is C18H25NO3. The number of amides is 1. The number of carboxylic acid groups (broad SMARTS) is 1. The Kier molecular flexibility index (Phi) is 5.58. The van der Waals surface area contributed by atoms with Crippen LogP contribution >= 0.6 is 0 Å². The standard InChI is InChI=1S/C18H25NO3/c1-3-14-6-8-15(9-7-14)10-11-17(20)19-12-4-5-16(13(19)2)18(21)22/h6-9,13,16H,3-5,10-12H2,1-2H3,(H,21,22)/t13-,16-/m0/s1. The maximum atomic E-state index is 12.4. The molecule has 4 nitrogen and oxygen atoms in total. The van der Waals surface area contributed by atoms with Crippen molar-refractivity contribution in [2.24, 2.45) is 5.92 Å². The van der Waals surface area contributed by atoms with Crippen LogP contribution < -0.4 is 0 Å². The number of carbonyl (C=O) groups is 2. The van der Waals surface area contributed by atoms with Gasteiger partial charge in [-0.3, -0.25) is 9.59 Å². The molecule has 0 unspecified atom stereocenters. The Balaban J connectivity index is 1.92. The number of likely N-dealkylation sites (tertiary alicyclic amines) is 1. The molecule has 120 valence electrons. The minimum atomic E-state index is -0.792. The highest BCUT2D eigenvalue weighted by molar-refractivity contribution is 5.79. The molecule has 1 fully saturated rings. The molecule has 1 saturated heterocycles. The van der Waals surface area contributed by atoms with E-state index in [0.717, 1.165) is 18.4 Å². The molecule has 1 N–H and O–H groups in total. The molecule has 1 aromatic rings. The number of benzene rings is 1. The fourth-order valence-corrected chi connectivity index (χ4v) is 3.16. The van der Waals surface area contributed by atoms with Gasteiger partial charge in [0.05, 0.1) is 5.92 Å². The number of aliphatic carboxylic acids is 1. The van der Waals surface area contributed by atoms with E-state index in [1.165, 1.54) is 5.56 Å². The van der Waals surface area contributed by atoms with Gasteiger partial charge >= 0.3 is 5.97 Å². The van der Waals surface area contributed by atoms with E-state index in [1.54, 1.807) is 4.90 Å². The van der Waals surface area contributed by atoms with E-state index in [0.29, 0.717) is 25.8 Å². The fraction of sp³-hybridized carbons (Fsp3) is 0.556. The molecule has 1 aromatic carbocycles. The lowest BCUT2D eigenvalue weighted by Gasteiger charge is -2.37. The second-order valence-electron chi connectivity index (χ2n) is 6.08. The molecule has 1 aliphatic rings. The molecule has 2 rings (SSSR count). The molecule has 0 aliphatic carbocycles. The summed E-state index contributed by atoms with van der Waals surface area (Å²) >= 11 is 0. The van der Waals surface area contributed by atoms with Crippen molar-refractivity contribution in [2.45, 2.75) is 52.0 Å². The van der Waals surface area contributed by atoms with Crippen molar-refractivity contribution in [3.8, 4) is 0 Å². The van der Waals surface area contributed by atoms with Crippen LogP contribution in [0, 0.1) is 5.92 Å². The summed E-state index contributed by atoms with van der Waals surface area (Å²) in [6, 6.07) is 8.15. The van der Waals surface area contributed by atoms with Gasteiger partial charge in [-0.05, 0) is 43.7 Å². The number of hydrogen-bond acceptors (Lipinski definition) is 2. The number of piperidine rings is 1. The van der Waals surface area contributed by atoms with Gasteiger partial charge < -0.3 is 10.0 Å². The first-order chi connectivity index (χ1) is 10.5. The van der Waals surface area contributed by atoms with Gasteiger partial charge in [0.1, 0.15) is 0 Å². The number of hydrogen-bond donors (Lipinski definition) is 1. The Morgan fingerprint density at radius 2 is 1.86 bits per heavy atom. The van der Waals surface area contributed by atoms with Gasteiger partial charge in [0.2, 0.25) is 5.91 Å². The Bertz CT molecular complexity index is 524. The van der Waals surface area contributed by atoms with Crippen LogP contribution in [0.1, 0.15) is 44.2 Å². The fourth-order valence-electron chi connectivity index (χ4n) is 3.16. The zero-order valence-corrected chi connectivity index (χ0v) is 13.4. The molecule has 4 heteroatoms. The first-order valence-electron chi connectivity index (χ1n) is 8.13. The lowest BCUT2D eigenvalue weighted by atomic mass is 9.90. The largest absolute Gasteiger partial charge is 0.481 e. The van der Waals surface area contributed by atoms with Crippen LogP contribution in [0.5, 0.6) is 0 Å². The van der Waals surface area contributed by atoms with Crippen LogP contribution in [0.25, 0.3) is 0 Å². The number of carbonyl (C=O) groups excluding carboxylic acids is 1. The summed E-state index contributed by atoms with van der Waals surface area (Å²) in [6.45, 7) is 4.65. The van der Waals surface area contributed by atoms with E-state index in [9.17, 15) is 14.7 Å². The topological polar surface area (TPSA) is 57.6 Å². The maximum Gasteiger partial charge on any atom is 0.308 e. The Morgan fingerprint density at radius 3 is 2.45 bits per heavy atom. The smallest absolute Gasteiger partial charge is 0.308 e. The van der Waals surface area contributed by atoms with Gasteiger partial charge in [-0.15, -0.1) is 0 Å². The van der Waals surface area contributed by atoms with E-state index in [1.807, 2.05) is 6.92 Å². The third-order valence-electron chi connectivity index (χ3n) is 4.68. The minimum Gasteiger partial charge on any atom is -0.481 e. The highest BCUT2D eigenvalue weighted by Gasteiger charge is 2.34. The summed E-state index contributed by atoms with van der Waals surface area (Å²) in [6.07, 6.45) is 3.62. The van der Waals surface area contributed by atoms with Gasteiger partial charge in [-0.1, -0.05) is 31.2 Å². The van der Waals surface area contributed by atoms with Crippen molar-refractivity contribution in [3.63, 3.8) is 0 Å². The summed E-state index contributed by atoms with van der Waals surface area (Å²) in [5, 5.41) is 9.23. The number of nitrogens with zero attached hydrogens (tertiary/aromatic N) is 1. The van der Waals surface area contributed by atoms with Crippen LogP contribution in [0.4, 0.5) is 0 Å². The normalized spacial score (nSPS) is 21.6. The average Bonchev–Trinajstić information content (AvgIpc) is 2.53. The van der Waals surface area contributed by atoms with E-state index < -0.39 is 11.9 Å². The molecule has 0 radical (unpaired) electrons. The number of carboxylic acids is 1. The lowest BCUT2D eigenvalue weighted by Crippen LogP contribution is -2.49. The quantitative estimate of drug-likeness (QED) is 0.910. The Labute approximate surface area is 132 Å². The molecular weight excluding hydrogens is 278 g/mol. The molecule has 1 amide bonds. The SMILES string of the molecule is CCc1ccc(CCC(=O)N2CCC[C@H](C(=O)O)[C@@H]2C)cc1. The van der Waals surface area contributed by atoms with Gasteiger partial charge in [0, 0.05) is 19.0 Å². The first kappa shape index (κ1) is 16.5. The molecule has 0 saturated carbocycles. The molecule has 0 spiro atoms. The average molecular weight is 303 g/mol. The predicted molar refractivity (Wildman–Crippen MR) is 85.7 cm³/mol. The van der Waals surface area contributed by atoms with Gasteiger partial charge in [-0.25, -0.2) is 0 Å². The van der Waals surface area contributed by atoms with E-state index >= 15 is 0 Å². The molecule has 0 bridgehead atoms. The summed E-state index contributed by atoms with van der Waals surface area (Å²) in [5.41, 5.74) is 2.45. The van der Waals surface area contributed by atoms with Crippen molar-refractivity contribution in [2.75, 3.05) is 6.54 Å². The van der Waals surface area contributed by atoms with Gasteiger partial charge in [0.15, 0.2) is 0 Å². The Morgan fingerprint density at radius 1 is 1.23 bits per heavy atom. The third kappa shape index (κ3) is 3.87. The van der Waals surface area contributed by atoms with Crippen LogP contribution in [0.15, 0.2) is 24.3 Å². The first-order valence-corrected chi connectivity index (χ1v) is 8.13. The van der Waals surface area contributed by atoms with Crippen molar-refractivity contribution < 1.29 is 14.7 Å². The molecule has 0 aromatic heterocycles. The number of rotatable bonds is 5. The summed E-state index contributed by atoms with van der Waals surface area (Å²) in [7, 11) is 0. The van der Waals surface area contributed by atoms with Crippen molar-refractivity contribution >= 4 is 11.9 Å². The molecule has 1 aliphatic heterocycles. The highest BCUT2D eigenvalue weighted by atomic mass is 16.4. The summed E-state index contributed by atoms with van der Waals surface area (Å²) in [5.74, 6) is -1.15. The van der Waals surface area contributed by atoms with E-state index in [4.69, 9.17) is 0 Å². The third-order valence-corrected chi connectivity index (χ3v) is 4.68. The van der Waals surface area contributed by atoms with Crippen LogP contribution in [-0.4, -0.2) is 34.5 Å². The lowest BCUT2D eigenvalue weighted by molar-refractivity contribution is -0.149. The maximum absolute atomic E-state index is 12.4. The minimum absolute atomic E-state index is 0.0676. The Hall–Kier alpha value is -1.84. The molecule has 1 heterocycles. The monoisotopic (exact) mass is 303 g/mol. The van der Waals surface area contributed by atoms with Crippen molar-refractivity contribution in [1.29, 1.82) is 0 Å². The second kappa shape index (κ2) is 7.43. The van der Waals surface area contributed by atoms with E-state index in [-0.39, 0.29) is 11.9 Å². The zero-order valence-electron chi connectivity index (χ0n) is 13.4. The van der Waals surface area contributed by atoms with Crippen molar-refractivity contribution in [1.82, 2.24) is 4.90 Å². The molecule has 22 heavy (non-hydrogen) atoms. The highest BCUT2D eigenvalue weighted by Crippen LogP contribution is 2.24. The van der Waals surface area contributed by atoms with Crippen LogP contribution in [0.3, 0.4) is 0 Å². The van der Waals surface area contributed by atoms with Gasteiger partial charge in [-0.2, -0.15) is 0 Å². The van der Waals surface area contributed by atoms with E-state index in [2.05, 4.69) is 31.2 Å². The molecule has 2 atom stereocenters. The van der Waals surface area contributed by atoms with Crippen molar-refractivity contribution in [3.05, 3.63) is 35.4 Å². The summed E-state index contributed by atoms with van der Waals surface area (Å²) < 4.78 is 0. The predicted octanol–water partition coefficient (Wildman–Crippen LogP) is 2.89. The van der Waals surface area contributed by atoms with Crippen LogP contribution in [0.2, 0.25) is 0 Å². The summed E-state index contributed by atoms with van der Waals surface area (Å²) in [4.78, 5) is 25.4. The van der Waals surface area contributed by atoms with Gasteiger partial charge in [0.25, 0.3) is 0 Å². The van der Waals surface area contributed by atoms with Crippen LogP contribution in [-0.2, 0) is 22.4 Å². The zero-order chi connectivity index (χ0) is 16.1.